The topological polar surface area (TPSA) is 74.4 Å². The van der Waals surface area contributed by atoms with Crippen molar-refractivity contribution in [2.45, 2.75) is 6.10 Å². The number of nitrogens with one attached hydrogen (secondary N) is 2. The predicted octanol–water partition coefficient (Wildman–Crippen LogP) is 2.78. The Hall–Kier alpha value is -2.86. The molecule has 3 rings (SSSR count). The van der Waals surface area contributed by atoms with E-state index in [0.717, 1.165) is 10.9 Å². The number of aliphatic hydroxyl groups excluding tert-OH is 1. The molecule has 0 fully saturated rings. The zero-order chi connectivity index (χ0) is 17.1. The fourth-order valence-corrected chi connectivity index (χ4v) is 2.45. The van der Waals surface area contributed by atoms with Gasteiger partial charge in [-0.05, 0) is 42.0 Å². The largest absolute Gasteiger partial charge is 0.497 e. The molecule has 6 heteroatoms. The van der Waals surface area contributed by atoms with E-state index in [1.165, 1.54) is 24.3 Å². The number of aromatic nitrogens is 1. The van der Waals surface area contributed by atoms with Crippen LogP contribution in [0.2, 0.25) is 0 Å². The Morgan fingerprint density at radius 2 is 2.00 bits per heavy atom. The molecule has 0 saturated heterocycles. The molecule has 1 aromatic heterocycles. The molecule has 2 aromatic carbocycles. The molecule has 0 radical (unpaired) electrons. The molecule has 3 aromatic rings. The lowest BCUT2D eigenvalue weighted by molar-refractivity contribution is 0.0912. The van der Waals surface area contributed by atoms with Gasteiger partial charge in [-0.25, -0.2) is 4.39 Å². The third-order valence-electron chi connectivity index (χ3n) is 3.78. The zero-order valence-electron chi connectivity index (χ0n) is 13.0. The van der Waals surface area contributed by atoms with E-state index in [1.807, 2.05) is 12.1 Å². The Kier molecular flexibility index (Phi) is 4.48. The number of hydrogen-bond donors (Lipinski definition) is 3. The van der Waals surface area contributed by atoms with Crippen LogP contribution in [-0.4, -0.2) is 29.7 Å². The second-order valence-corrected chi connectivity index (χ2v) is 5.41. The van der Waals surface area contributed by atoms with Crippen LogP contribution < -0.4 is 10.1 Å². The van der Waals surface area contributed by atoms with Crippen molar-refractivity contribution in [3.63, 3.8) is 0 Å². The summed E-state index contributed by atoms with van der Waals surface area (Å²) in [5.41, 5.74) is 1.75. The number of carbonyl (C=O) groups is 1. The van der Waals surface area contributed by atoms with E-state index in [0.29, 0.717) is 17.0 Å². The smallest absolute Gasteiger partial charge is 0.267 e. The van der Waals surface area contributed by atoms with Gasteiger partial charge in [0.05, 0.1) is 13.2 Å². The van der Waals surface area contributed by atoms with Gasteiger partial charge in [0.1, 0.15) is 17.3 Å². The third-order valence-corrected chi connectivity index (χ3v) is 3.78. The summed E-state index contributed by atoms with van der Waals surface area (Å²) < 4.78 is 18.0. The first-order valence-electron chi connectivity index (χ1n) is 7.45. The summed E-state index contributed by atoms with van der Waals surface area (Å²) in [6.45, 7) is 0.0309. The number of ether oxygens (including phenoxy) is 1. The van der Waals surface area contributed by atoms with E-state index in [-0.39, 0.29) is 18.3 Å². The molecule has 1 amide bonds. The third kappa shape index (κ3) is 3.38. The number of aromatic amines is 1. The average Bonchev–Trinajstić information content (AvgIpc) is 3.03. The van der Waals surface area contributed by atoms with Crippen LogP contribution in [0.15, 0.2) is 48.5 Å². The summed E-state index contributed by atoms with van der Waals surface area (Å²) in [6, 6.07) is 12.7. The number of benzene rings is 2. The molecule has 0 aliphatic carbocycles. The number of H-pyrrole nitrogens is 1. The van der Waals surface area contributed by atoms with Crippen molar-refractivity contribution in [2.24, 2.45) is 0 Å². The number of carbonyl (C=O) groups excluding carboxylic acids is 1. The van der Waals surface area contributed by atoms with Crippen LogP contribution in [-0.2, 0) is 0 Å². The maximum absolute atomic E-state index is 12.9. The molecule has 1 atom stereocenters. The number of hydrogen-bond acceptors (Lipinski definition) is 3. The van der Waals surface area contributed by atoms with Crippen LogP contribution in [0.25, 0.3) is 10.9 Å². The number of aliphatic hydroxyl groups is 1. The lowest BCUT2D eigenvalue weighted by Gasteiger charge is -2.11. The number of methoxy groups -OCH3 is 1. The molecule has 0 aliphatic heterocycles. The molecule has 0 aliphatic rings. The molecule has 124 valence electrons. The number of fused-ring (bicyclic) bond motifs is 1. The molecule has 1 heterocycles. The Morgan fingerprint density at radius 3 is 2.71 bits per heavy atom. The summed E-state index contributed by atoms with van der Waals surface area (Å²) in [4.78, 5) is 15.2. The highest BCUT2D eigenvalue weighted by atomic mass is 19.1. The monoisotopic (exact) mass is 328 g/mol. The SMILES string of the molecule is COc1ccc2[nH]c(C(=O)NC[C@H](O)c3ccc(F)cc3)cc2c1. The first-order valence-corrected chi connectivity index (χ1v) is 7.45. The average molecular weight is 328 g/mol. The highest BCUT2D eigenvalue weighted by Gasteiger charge is 2.13. The Balaban J connectivity index is 1.67. The minimum Gasteiger partial charge on any atom is -0.497 e. The van der Waals surface area contributed by atoms with Crippen LogP contribution >= 0.6 is 0 Å². The maximum atomic E-state index is 12.9. The Morgan fingerprint density at radius 1 is 1.25 bits per heavy atom. The van der Waals surface area contributed by atoms with Gasteiger partial charge in [-0.2, -0.15) is 0 Å². The van der Waals surface area contributed by atoms with Crippen LogP contribution in [0.3, 0.4) is 0 Å². The standard InChI is InChI=1S/C18H17FN2O3/c1-24-14-6-7-15-12(8-14)9-16(21-15)18(23)20-10-17(22)11-2-4-13(19)5-3-11/h2-9,17,21-22H,10H2,1H3,(H,20,23)/t17-/m0/s1. The highest BCUT2D eigenvalue weighted by molar-refractivity contribution is 5.98. The van der Waals surface area contributed by atoms with E-state index in [1.54, 1.807) is 19.2 Å². The second-order valence-electron chi connectivity index (χ2n) is 5.41. The van der Waals surface area contributed by atoms with E-state index in [4.69, 9.17) is 4.74 Å². The maximum Gasteiger partial charge on any atom is 0.267 e. The van der Waals surface area contributed by atoms with Crippen LogP contribution in [0.1, 0.15) is 22.2 Å². The normalized spacial score (nSPS) is 12.1. The molecular formula is C18H17FN2O3. The van der Waals surface area contributed by atoms with Crippen molar-refractivity contribution in [1.82, 2.24) is 10.3 Å². The molecule has 24 heavy (non-hydrogen) atoms. The fourth-order valence-electron chi connectivity index (χ4n) is 2.45. The van der Waals surface area contributed by atoms with Gasteiger partial charge in [-0.1, -0.05) is 12.1 Å². The lowest BCUT2D eigenvalue weighted by Crippen LogP contribution is -2.28. The molecule has 0 unspecified atom stereocenters. The van der Waals surface area contributed by atoms with Crippen molar-refractivity contribution >= 4 is 16.8 Å². The van der Waals surface area contributed by atoms with Gasteiger partial charge in [0.15, 0.2) is 0 Å². The number of halogens is 1. The minimum atomic E-state index is -0.904. The Bertz CT molecular complexity index is 858. The summed E-state index contributed by atoms with van der Waals surface area (Å²) in [7, 11) is 1.58. The highest BCUT2D eigenvalue weighted by Crippen LogP contribution is 2.21. The van der Waals surface area contributed by atoms with Gasteiger partial charge in [-0.3, -0.25) is 4.79 Å². The van der Waals surface area contributed by atoms with Crippen LogP contribution in [0.5, 0.6) is 5.75 Å². The molecule has 3 N–H and O–H groups in total. The van der Waals surface area contributed by atoms with Crippen LogP contribution in [0.4, 0.5) is 4.39 Å². The molecule has 5 nitrogen and oxygen atoms in total. The van der Waals surface area contributed by atoms with E-state index >= 15 is 0 Å². The first kappa shape index (κ1) is 16.0. The van der Waals surface area contributed by atoms with Crippen molar-refractivity contribution < 1.29 is 19.0 Å². The van der Waals surface area contributed by atoms with E-state index in [2.05, 4.69) is 10.3 Å². The zero-order valence-corrected chi connectivity index (χ0v) is 13.0. The van der Waals surface area contributed by atoms with Gasteiger partial charge in [0.2, 0.25) is 0 Å². The first-order chi connectivity index (χ1) is 11.6. The van der Waals surface area contributed by atoms with E-state index < -0.39 is 6.10 Å². The molecule has 0 spiro atoms. The Labute approximate surface area is 138 Å². The summed E-state index contributed by atoms with van der Waals surface area (Å²) in [5, 5.41) is 13.6. The fraction of sp³-hybridized carbons (Fsp3) is 0.167. The quantitative estimate of drug-likeness (QED) is 0.674. The number of amides is 1. The van der Waals surface area contributed by atoms with Crippen molar-refractivity contribution in [1.29, 1.82) is 0 Å². The predicted molar refractivity (Wildman–Crippen MR) is 88.5 cm³/mol. The van der Waals surface area contributed by atoms with Gasteiger partial charge < -0.3 is 20.1 Å². The van der Waals surface area contributed by atoms with Crippen molar-refractivity contribution in [3.8, 4) is 5.75 Å². The number of rotatable bonds is 5. The van der Waals surface area contributed by atoms with Crippen molar-refractivity contribution in [3.05, 3.63) is 65.6 Å². The van der Waals surface area contributed by atoms with Gasteiger partial charge >= 0.3 is 0 Å². The summed E-state index contributed by atoms with van der Waals surface area (Å²) in [5.74, 6) is 0.00927. The van der Waals surface area contributed by atoms with Gasteiger partial charge in [0, 0.05) is 17.4 Å². The molecule has 0 saturated carbocycles. The van der Waals surface area contributed by atoms with Gasteiger partial charge in [0.25, 0.3) is 5.91 Å². The molecular weight excluding hydrogens is 311 g/mol. The van der Waals surface area contributed by atoms with Gasteiger partial charge in [-0.15, -0.1) is 0 Å². The van der Waals surface area contributed by atoms with Crippen molar-refractivity contribution in [2.75, 3.05) is 13.7 Å². The minimum absolute atomic E-state index is 0.0309. The summed E-state index contributed by atoms with van der Waals surface area (Å²) >= 11 is 0. The molecule has 0 bridgehead atoms. The second kappa shape index (κ2) is 6.72. The summed E-state index contributed by atoms with van der Waals surface area (Å²) in [6.07, 6.45) is -0.904. The lowest BCUT2D eigenvalue weighted by atomic mass is 10.1. The van der Waals surface area contributed by atoms with E-state index in [9.17, 15) is 14.3 Å². The van der Waals surface area contributed by atoms with Crippen LogP contribution in [0, 0.1) is 5.82 Å².